The Morgan fingerprint density at radius 2 is 2.14 bits per heavy atom. The molecule has 21 heavy (non-hydrogen) atoms. The van der Waals surface area contributed by atoms with E-state index in [0.29, 0.717) is 12.1 Å². The summed E-state index contributed by atoms with van der Waals surface area (Å²) in [4.78, 5) is 6.80. The van der Waals surface area contributed by atoms with Gasteiger partial charge in [-0.1, -0.05) is 31.0 Å². The maximum Gasteiger partial charge on any atom is 0.196 e. The van der Waals surface area contributed by atoms with Crippen LogP contribution in [0, 0.1) is 6.92 Å². The highest BCUT2D eigenvalue weighted by Gasteiger charge is 2.46. The van der Waals surface area contributed by atoms with Gasteiger partial charge in [0.15, 0.2) is 5.96 Å². The van der Waals surface area contributed by atoms with Gasteiger partial charge in [0.25, 0.3) is 0 Å². The zero-order valence-electron chi connectivity index (χ0n) is 13.0. The molecule has 2 aliphatic heterocycles. The first-order chi connectivity index (χ1) is 10.1. The van der Waals surface area contributed by atoms with Gasteiger partial charge in [-0.2, -0.15) is 0 Å². The number of aliphatic imine (C=N–C) groups is 1. The Hall–Kier alpha value is -1.55. The lowest BCUT2D eigenvalue weighted by atomic mass is 9.84. The first-order valence-electron chi connectivity index (χ1n) is 7.93. The summed E-state index contributed by atoms with van der Waals surface area (Å²) in [6.07, 6.45) is 4.60. The van der Waals surface area contributed by atoms with Gasteiger partial charge in [-0.25, -0.2) is 0 Å². The van der Waals surface area contributed by atoms with Crippen LogP contribution in [0.25, 0.3) is 0 Å². The molecule has 1 saturated heterocycles. The third-order valence-corrected chi connectivity index (χ3v) is 4.67. The second-order valence-corrected chi connectivity index (χ2v) is 6.31. The molecule has 0 amide bonds. The van der Waals surface area contributed by atoms with E-state index < -0.39 is 0 Å². The fraction of sp³-hybridized carbons (Fsp3) is 0.588. The van der Waals surface area contributed by atoms with Crippen LogP contribution in [0.15, 0.2) is 29.3 Å². The van der Waals surface area contributed by atoms with Crippen molar-refractivity contribution < 1.29 is 4.74 Å². The van der Waals surface area contributed by atoms with Gasteiger partial charge in [-0.15, -0.1) is 0 Å². The van der Waals surface area contributed by atoms with Gasteiger partial charge in [-0.3, -0.25) is 4.99 Å². The molecule has 1 aromatic rings. The lowest BCUT2D eigenvalue weighted by molar-refractivity contribution is -0.0180. The zero-order valence-corrected chi connectivity index (χ0v) is 13.0. The molecule has 1 aromatic carbocycles. The standard InChI is InChI=1S/C17H25N3O/c1-3-4-15-11-17(9-10-21-15)12-19-16(18)20(17)14-7-5-13(2)6-8-14/h5-8,15H,3-4,9-12H2,1-2H3,(H2,18,19). The Kier molecular flexibility index (Phi) is 3.89. The number of nitrogens with two attached hydrogens (primary N) is 1. The number of anilines is 1. The molecular weight excluding hydrogens is 262 g/mol. The third-order valence-electron chi connectivity index (χ3n) is 4.67. The lowest BCUT2D eigenvalue weighted by Gasteiger charge is -2.44. The normalized spacial score (nSPS) is 29.0. The van der Waals surface area contributed by atoms with E-state index in [4.69, 9.17) is 10.5 Å². The summed E-state index contributed by atoms with van der Waals surface area (Å²) in [5, 5.41) is 0. The lowest BCUT2D eigenvalue weighted by Crippen LogP contribution is -2.56. The van der Waals surface area contributed by atoms with Crippen LogP contribution in [-0.4, -0.2) is 30.8 Å². The zero-order chi connectivity index (χ0) is 14.9. The maximum absolute atomic E-state index is 6.21. The van der Waals surface area contributed by atoms with Crippen LogP contribution in [0.4, 0.5) is 5.69 Å². The van der Waals surface area contributed by atoms with Crippen molar-refractivity contribution in [2.45, 2.75) is 51.2 Å². The van der Waals surface area contributed by atoms with Crippen LogP contribution in [0.2, 0.25) is 0 Å². The SMILES string of the molecule is CCCC1CC2(CCO1)CN=C(N)N2c1ccc(C)cc1. The van der Waals surface area contributed by atoms with Gasteiger partial charge >= 0.3 is 0 Å². The molecule has 0 aromatic heterocycles. The van der Waals surface area contributed by atoms with Crippen molar-refractivity contribution in [2.75, 3.05) is 18.1 Å². The van der Waals surface area contributed by atoms with E-state index >= 15 is 0 Å². The molecule has 2 aliphatic rings. The van der Waals surface area contributed by atoms with Crippen molar-refractivity contribution in [3.05, 3.63) is 29.8 Å². The van der Waals surface area contributed by atoms with Crippen LogP contribution >= 0.6 is 0 Å². The largest absolute Gasteiger partial charge is 0.378 e. The van der Waals surface area contributed by atoms with Crippen molar-refractivity contribution in [1.29, 1.82) is 0 Å². The fourth-order valence-corrected chi connectivity index (χ4v) is 3.57. The Morgan fingerprint density at radius 3 is 2.86 bits per heavy atom. The number of benzene rings is 1. The minimum atomic E-state index is 0.0113. The highest BCUT2D eigenvalue weighted by molar-refractivity contribution is 5.98. The second kappa shape index (κ2) is 5.68. The van der Waals surface area contributed by atoms with Gasteiger partial charge in [-0.05, 0) is 38.3 Å². The van der Waals surface area contributed by atoms with E-state index in [1.165, 1.54) is 5.56 Å². The molecule has 3 rings (SSSR count). The smallest absolute Gasteiger partial charge is 0.196 e. The maximum atomic E-state index is 6.21. The number of rotatable bonds is 3. The summed E-state index contributed by atoms with van der Waals surface area (Å²) >= 11 is 0. The van der Waals surface area contributed by atoms with Crippen molar-refractivity contribution in [1.82, 2.24) is 0 Å². The molecule has 114 valence electrons. The van der Waals surface area contributed by atoms with E-state index in [1.54, 1.807) is 0 Å². The molecule has 0 radical (unpaired) electrons. The van der Waals surface area contributed by atoms with Gasteiger partial charge in [0.05, 0.1) is 18.2 Å². The van der Waals surface area contributed by atoms with Crippen LogP contribution < -0.4 is 10.6 Å². The van der Waals surface area contributed by atoms with E-state index in [2.05, 4.69) is 48.0 Å². The Bertz CT molecular complexity index is 523. The highest BCUT2D eigenvalue weighted by atomic mass is 16.5. The monoisotopic (exact) mass is 287 g/mol. The molecule has 4 heteroatoms. The first-order valence-corrected chi connectivity index (χ1v) is 7.93. The third kappa shape index (κ3) is 2.64. The van der Waals surface area contributed by atoms with E-state index in [9.17, 15) is 0 Å². The molecule has 2 atom stereocenters. The minimum Gasteiger partial charge on any atom is -0.378 e. The Balaban J connectivity index is 1.89. The van der Waals surface area contributed by atoms with Crippen molar-refractivity contribution in [2.24, 2.45) is 10.7 Å². The second-order valence-electron chi connectivity index (χ2n) is 6.31. The van der Waals surface area contributed by atoms with Crippen LogP contribution in [0.3, 0.4) is 0 Å². The molecular formula is C17H25N3O. The van der Waals surface area contributed by atoms with Gasteiger partial charge < -0.3 is 15.4 Å². The molecule has 1 spiro atoms. The van der Waals surface area contributed by atoms with Crippen molar-refractivity contribution >= 4 is 11.6 Å². The summed E-state index contributed by atoms with van der Waals surface area (Å²) in [6.45, 7) is 5.90. The quantitative estimate of drug-likeness (QED) is 0.930. The molecule has 2 N–H and O–H groups in total. The molecule has 1 fully saturated rings. The van der Waals surface area contributed by atoms with Crippen LogP contribution in [-0.2, 0) is 4.74 Å². The summed E-state index contributed by atoms with van der Waals surface area (Å²) in [5.41, 5.74) is 8.63. The van der Waals surface area contributed by atoms with Crippen molar-refractivity contribution in [3.8, 4) is 0 Å². The summed E-state index contributed by atoms with van der Waals surface area (Å²) < 4.78 is 5.93. The summed E-state index contributed by atoms with van der Waals surface area (Å²) in [6, 6.07) is 8.57. The van der Waals surface area contributed by atoms with Crippen molar-refractivity contribution in [3.63, 3.8) is 0 Å². The van der Waals surface area contributed by atoms with Crippen LogP contribution in [0.5, 0.6) is 0 Å². The average molecular weight is 287 g/mol. The van der Waals surface area contributed by atoms with Gasteiger partial charge in [0, 0.05) is 12.3 Å². The molecule has 0 bridgehead atoms. The Labute approximate surface area is 127 Å². The molecule has 2 heterocycles. The first kappa shape index (κ1) is 14.4. The van der Waals surface area contributed by atoms with E-state index in [1.807, 2.05) is 0 Å². The predicted octanol–water partition coefficient (Wildman–Crippen LogP) is 2.85. The van der Waals surface area contributed by atoms with Gasteiger partial charge in [0.2, 0.25) is 0 Å². The molecule has 4 nitrogen and oxygen atoms in total. The fourth-order valence-electron chi connectivity index (χ4n) is 3.57. The van der Waals surface area contributed by atoms with Gasteiger partial charge in [0.1, 0.15) is 0 Å². The Morgan fingerprint density at radius 1 is 1.38 bits per heavy atom. The number of hydrogen-bond acceptors (Lipinski definition) is 4. The molecule has 2 unspecified atom stereocenters. The topological polar surface area (TPSA) is 50.9 Å². The average Bonchev–Trinajstić information content (AvgIpc) is 2.77. The number of ether oxygens (including phenoxy) is 1. The van der Waals surface area contributed by atoms with E-state index in [0.717, 1.165) is 44.5 Å². The minimum absolute atomic E-state index is 0.0113. The summed E-state index contributed by atoms with van der Waals surface area (Å²) in [7, 11) is 0. The highest BCUT2D eigenvalue weighted by Crippen LogP contribution is 2.39. The number of hydrogen-bond donors (Lipinski definition) is 1. The van der Waals surface area contributed by atoms with Crippen LogP contribution in [0.1, 0.15) is 38.2 Å². The van der Waals surface area contributed by atoms with E-state index in [-0.39, 0.29) is 5.54 Å². The molecule has 0 aliphatic carbocycles. The number of aryl methyl sites for hydroxylation is 1. The summed E-state index contributed by atoms with van der Waals surface area (Å²) in [5.74, 6) is 0.649. The number of guanidine groups is 1. The molecule has 0 saturated carbocycles. The predicted molar refractivity (Wildman–Crippen MR) is 86.8 cm³/mol. The number of nitrogens with zero attached hydrogens (tertiary/aromatic N) is 2.